The van der Waals surface area contributed by atoms with E-state index >= 15 is 0 Å². The fourth-order valence-corrected chi connectivity index (χ4v) is 4.21. The predicted octanol–water partition coefficient (Wildman–Crippen LogP) is 5.28. The lowest BCUT2D eigenvalue weighted by molar-refractivity contribution is -0.132. The Hall–Kier alpha value is -4.26. The van der Waals surface area contributed by atoms with Gasteiger partial charge in [0.2, 0.25) is 5.91 Å². The van der Waals surface area contributed by atoms with Crippen LogP contribution in [0.2, 0.25) is 0 Å². The number of hydrogen-bond donors (Lipinski definition) is 2. The highest BCUT2D eigenvalue weighted by atomic mass is 19.1. The third-order valence-electron chi connectivity index (χ3n) is 6.05. The van der Waals surface area contributed by atoms with Crippen molar-refractivity contribution in [3.8, 4) is 0 Å². The summed E-state index contributed by atoms with van der Waals surface area (Å²) in [5.74, 6) is -2.66. The zero-order valence-electron chi connectivity index (χ0n) is 19.6. The summed E-state index contributed by atoms with van der Waals surface area (Å²) in [6.45, 7) is 4.97. The molecule has 1 aliphatic rings. The number of aryl methyl sites for hydroxylation is 2. The molecule has 2 N–H and O–H groups in total. The largest absolute Gasteiger partial charge is 0.507 e. The maximum Gasteiger partial charge on any atom is 0.300 e. The van der Waals surface area contributed by atoms with E-state index in [-0.39, 0.29) is 22.8 Å². The van der Waals surface area contributed by atoms with Crippen LogP contribution in [0.5, 0.6) is 0 Å². The van der Waals surface area contributed by atoms with Gasteiger partial charge in [-0.05, 0) is 72.5 Å². The number of rotatable bonds is 5. The number of aliphatic hydroxyl groups excluding tert-OH is 1. The summed E-state index contributed by atoms with van der Waals surface area (Å²) in [6, 6.07) is 17.2. The van der Waals surface area contributed by atoms with Crippen LogP contribution in [0, 0.1) is 12.7 Å². The monoisotopic (exact) mass is 472 g/mol. The van der Waals surface area contributed by atoms with Gasteiger partial charge in [0, 0.05) is 23.9 Å². The first-order valence-corrected chi connectivity index (χ1v) is 11.2. The van der Waals surface area contributed by atoms with E-state index in [9.17, 15) is 23.9 Å². The molecule has 0 radical (unpaired) electrons. The molecule has 0 aliphatic carbocycles. The summed E-state index contributed by atoms with van der Waals surface area (Å²) in [7, 11) is 0. The van der Waals surface area contributed by atoms with E-state index in [1.165, 1.54) is 30.0 Å². The van der Waals surface area contributed by atoms with Crippen molar-refractivity contribution in [3.63, 3.8) is 0 Å². The molecule has 1 atom stereocenters. The molecule has 1 heterocycles. The number of benzene rings is 3. The average Bonchev–Trinajstić information content (AvgIpc) is 3.11. The number of carbonyl (C=O) groups is 3. The van der Waals surface area contributed by atoms with Crippen LogP contribution in [-0.4, -0.2) is 22.7 Å². The second-order valence-corrected chi connectivity index (χ2v) is 8.46. The molecule has 1 unspecified atom stereocenters. The Bertz CT molecular complexity index is 1340. The zero-order chi connectivity index (χ0) is 25.3. The van der Waals surface area contributed by atoms with Crippen molar-refractivity contribution in [3.05, 3.63) is 100 Å². The van der Waals surface area contributed by atoms with Gasteiger partial charge >= 0.3 is 0 Å². The van der Waals surface area contributed by atoms with E-state index < -0.39 is 23.5 Å². The molecule has 178 valence electrons. The number of halogens is 1. The van der Waals surface area contributed by atoms with Crippen molar-refractivity contribution in [1.82, 2.24) is 0 Å². The van der Waals surface area contributed by atoms with Crippen LogP contribution in [0.15, 0.2) is 72.3 Å². The number of aliphatic hydroxyl groups is 1. The first kappa shape index (κ1) is 23.9. The van der Waals surface area contributed by atoms with Crippen molar-refractivity contribution in [2.75, 3.05) is 10.2 Å². The lowest BCUT2D eigenvalue weighted by Gasteiger charge is -2.26. The van der Waals surface area contributed by atoms with Crippen molar-refractivity contribution in [2.24, 2.45) is 0 Å². The Morgan fingerprint density at radius 3 is 2.26 bits per heavy atom. The minimum absolute atomic E-state index is 0.0730. The van der Waals surface area contributed by atoms with Crippen molar-refractivity contribution in [2.45, 2.75) is 33.2 Å². The highest BCUT2D eigenvalue weighted by molar-refractivity contribution is 6.51. The Morgan fingerprint density at radius 2 is 1.69 bits per heavy atom. The van der Waals surface area contributed by atoms with Crippen LogP contribution < -0.4 is 10.2 Å². The predicted molar refractivity (Wildman–Crippen MR) is 132 cm³/mol. The molecular formula is C28H25FN2O4. The van der Waals surface area contributed by atoms with E-state index in [1.54, 1.807) is 31.2 Å². The van der Waals surface area contributed by atoms with Crippen molar-refractivity contribution < 1.29 is 23.9 Å². The Morgan fingerprint density at radius 1 is 1.03 bits per heavy atom. The Balaban J connectivity index is 1.88. The molecule has 35 heavy (non-hydrogen) atoms. The van der Waals surface area contributed by atoms with E-state index in [2.05, 4.69) is 5.32 Å². The highest BCUT2D eigenvalue weighted by Crippen LogP contribution is 2.42. The maximum absolute atomic E-state index is 13.8. The van der Waals surface area contributed by atoms with Gasteiger partial charge in [0.15, 0.2) is 0 Å². The van der Waals surface area contributed by atoms with Crippen molar-refractivity contribution in [1.29, 1.82) is 0 Å². The van der Waals surface area contributed by atoms with Gasteiger partial charge in [0.05, 0.1) is 11.6 Å². The van der Waals surface area contributed by atoms with E-state index in [0.717, 1.165) is 12.0 Å². The summed E-state index contributed by atoms with van der Waals surface area (Å²) in [5, 5.41) is 13.8. The van der Waals surface area contributed by atoms with Crippen LogP contribution in [0.4, 0.5) is 15.8 Å². The Kier molecular flexibility index (Phi) is 6.51. The average molecular weight is 473 g/mol. The van der Waals surface area contributed by atoms with E-state index in [1.807, 2.05) is 31.2 Å². The molecule has 7 heteroatoms. The molecule has 0 spiro atoms. The van der Waals surface area contributed by atoms with Gasteiger partial charge in [0.25, 0.3) is 11.7 Å². The minimum Gasteiger partial charge on any atom is -0.507 e. The third-order valence-corrected chi connectivity index (χ3v) is 6.05. The number of Topliss-reactive ketones (excluding diaryl/α,β-unsaturated/α-hetero) is 1. The lowest BCUT2D eigenvalue weighted by atomic mass is 9.94. The molecular weight excluding hydrogens is 447 g/mol. The first-order chi connectivity index (χ1) is 16.7. The zero-order valence-corrected chi connectivity index (χ0v) is 19.6. The molecule has 1 aliphatic heterocycles. The fraction of sp³-hybridized carbons (Fsp3) is 0.179. The van der Waals surface area contributed by atoms with Crippen molar-refractivity contribution >= 4 is 34.7 Å². The quantitative estimate of drug-likeness (QED) is 0.300. The summed E-state index contributed by atoms with van der Waals surface area (Å²) in [4.78, 5) is 39.2. The SMILES string of the molecule is CCc1ccc(C2/C(=C(/O)c3ccc(F)c(C)c3)C(=O)C(=O)N2c2ccc(NC(C)=O)cc2)cc1. The van der Waals surface area contributed by atoms with Gasteiger partial charge in [-0.3, -0.25) is 19.3 Å². The molecule has 1 saturated heterocycles. The number of ketones is 1. The van der Waals surface area contributed by atoms with E-state index in [0.29, 0.717) is 22.5 Å². The molecule has 3 aromatic carbocycles. The highest BCUT2D eigenvalue weighted by Gasteiger charge is 2.47. The minimum atomic E-state index is -0.891. The number of anilines is 2. The standard InChI is InChI=1S/C28H25FN2O4/c1-4-18-5-7-19(8-6-18)25-24(26(33)20-9-14-23(29)16(2)15-20)27(34)28(35)31(25)22-12-10-21(11-13-22)30-17(3)32/h5-15,25,33H,4H2,1-3H3,(H,30,32)/b26-24-. The summed E-state index contributed by atoms with van der Waals surface area (Å²) in [6.07, 6.45) is 0.819. The van der Waals surface area contributed by atoms with Crippen LogP contribution in [0.25, 0.3) is 5.76 Å². The number of nitrogens with one attached hydrogen (secondary N) is 1. The molecule has 4 rings (SSSR count). The van der Waals surface area contributed by atoms with Gasteiger partial charge in [-0.2, -0.15) is 0 Å². The first-order valence-electron chi connectivity index (χ1n) is 11.2. The summed E-state index contributed by atoms with van der Waals surface area (Å²) >= 11 is 0. The topological polar surface area (TPSA) is 86.7 Å². The second-order valence-electron chi connectivity index (χ2n) is 8.46. The van der Waals surface area contributed by atoms with E-state index in [4.69, 9.17) is 0 Å². The smallest absolute Gasteiger partial charge is 0.300 e. The molecule has 0 bridgehead atoms. The van der Waals surface area contributed by atoms with Crippen LogP contribution >= 0.6 is 0 Å². The summed E-state index contributed by atoms with van der Waals surface area (Å²) in [5.41, 5.74) is 3.19. The van der Waals surface area contributed by atoms with Gasteiger partial charge in [0.1, 0.15) is 11.6 Å². The lowest BCUT2D eigenvalue weighted by Crippen LogP contribution is -2.29. The van der Waals surface area contributed by atoms with Gasteiger partial charge in [-0.15, -0.1) is 0 Å². The van der Waals surface area contributed by atoms with Gasteiger partial charge in [-0.25, -0.2) is 4.39 Å². The molecule has 6 nitrogen and oxygen atoms in total. The third kappa shape index (κ3) is 4.57. The second kappa shape index (κ2) is 9.54. The molecule has 0 aromatic heterocycles. The molecule has 1 fully saturated rings. The number of nitrogens with zero attached hydrogens (tertiary/aromatic N) is 1. The number of amides is 2. The van der Waals surface area contributed by atoms with Crippen LogP contribution in [0.1, 0.15) is 42.1 Å². The molecule has 2 amide bonds. The number of carbonyl (C=O) groups excluding carboxylic acids is 3. The van der Waals surface area contributed by atoms with Gasteiger partial charge in [-0.1, -0.05) is 31.2 Å². The maximum atomic E-state index is 13.8. The normalized spacial score (nSPS) is 17.0. The molecule has 0 saturated carbocycles. The van der Waals surface area contributed by atoms with Crippen LogP contribution in [-0.2, 0) is 20.8 Å². The van der Waals surface area contributed by atoms with Crippen LogP contribution in [0.3, 0.4) is 0 Å². The Labute approximate surface area is 202 Å². The summed E-state index contributed by atoms with van der Waals surface area (Å²) < 4.78 is 13.8. The fourth-order valence-electron chi connectivity index (χ4n) is 4.21. The van der Waals surface area contributed by atoms with Gasteiger partial charge < -0.3 is 10.4 Å². The molecule has 3 aromatic rings. The number of hydrogen-bond acceptors (Lipinski definition) is 4.